The number of hydrogen-bond donors (Lipinski definition) is 3. The summed E-state index contributed by atoms with van der Waals surface area (Å²) in [4.78, 5) is 23.6. The highest BCUT2D eigenvalue weighted by Gasteiger charge is 2.32. The van der Waals surface area contributed by atoms with Crippen molar-refractivity contribution >= 4 is 23.3 Å². The van der Waals surface area contributed by atoms with E-state index in [0.717, 1.165) is 36.9 Å². The highest BCUT2D eigenvalue weighted by atomic mass is 16.4. The fraction of sp³-hybridized carbons (Fsp3) is 0.400. The van der Waals surface area contributed by atoms with E-state index >= 15 is 0 Å². The van der Waals surface area contributed by atoms with Crippen molar-refractivity contribution in [3.63, 3.8) is 0 Å². The molecule has 0 saturated carbocycles. The Bertz CT molecular complexity index is 1340. The number of hydrazone groups is 1. The number of likely N-dealkylation sites (tertiary alicyclic amines) is 1. The number of nitrogens with one attached hydrogen (secondary N) is 2. The van der Waals surface area contributed by atoms with E-state index in [0.29, 0.717) is 36.6 Å². The summed E-state index contributed by atoms with van der Waals surface area (Å²) in [5.74, 6) is 6.46. The van der Waals surface area contributed by atoms with Crippen LogP contribution >= 0.6 is 0 Å². The number of benzene rings is 1. The van der Waals surface area contributed by atoms with Gasteiger partial charge in [-0.25, -0.2) is 9.97 Å². The molecule has 1 fully saturated rings. The third-order valence-corrected chi connectivity index (χ3v) is 7.24. The Morgan fingerprint density at radius 1 is 1.22 bits per heavy atom. The molecule has 1 aliphatic heterocycles. The van der Waals surface area contributed by atoms with E-state index in [2.05, 4.69) is 49.9 Å². The van der Waals surface area contributed by atoms with Crippen LogP contribution in [0.15, 0.2) is 40.0 Å². The number of piperidine rings is 1. The highest BCUT2D eigenvalue weighted by molar-refractivity contribution is 6.42. The highest BCUT2D eigenvalue weighted by Crippen LogP contribution is 2.37. The third kappa shape index (κ3) is 4.21. The van der Waals surface area contributed by atoms with Crippen LogP contribution < -0.4 is 11.2 Å². The Balaban J connectivity index is 1.09. The summed E-state index contributed by atoms with van der Waals surface area (Å²) in [6.07, 6.45) is 5.89. The molecule has 2 aromatic heterocycles. The molecule has 184 valence electrons. The fourth-order valence-corrected chi connectivity index (χ4v) is 5.35. The number of amides is 1. The normalized spacial score (nSPS) is 20.6. The lowest BCUT2D eigenvalue weighted by molar-refractivity contribution is -0.130. The predicted molar refractivity (Wildman–Crippen MR) is 132 cm³/mol. The maximum atomic E-state index is 12.7. The van der Waals surface area contributed by atoms with Gasteiger partial charge in [0.1, 0.15) is 6.42 Å². The second-order valence-corrected chi connectivity index (χ2v) is 9.54. The Kier molecular flexibility index (Phi) is 5.67. The first-order valence-electron chi connectivity index (χ1n) is 12.2. The predicted octanol–water partition coefficient (Wildman–Crippen LogP) is 1.63. The van der Waals surface area contributed by atoms with E-state index in [1.165, 1.54) is 11.1 Å². The number of hydrogen-bond acceptors (Lipinski definition) is 10. The number of carbonyl (C=O) groups is 1. The Hall–Kier alpha value is -4.15. The summed E-state index contributed by atoms with van der Waals surface area (Å²) in [6, 6.07) is 8.83. The maximum Gasteiger partial charge on any atom is 0.232 e. The number of aromatic nitrogens is 4. The van der Waals surface area contributed by atoms with Gasteiger partial charge in [0.2, 0.25) is 23.6 Å². The lowest BCUT2D eigenvalue weighted by Gasteiger charge is -2.27. The zero-order valence-electron chi connectivity index (χ0n) is 19.8. The molecule has 3 aliphatic rings. The number of aryl methyl sites for hydroxylation is 1. The molecule has 0 spiro atoms. The van der Waals surface area contributed by atoms with Crippen LogP contribution in [0.5, 0.6) is 0 Å². The van der Waals surface area contributed by atoms with Crippen LogP contribution in [0, 0.1) is 5.41 Å². The number of fused-ring (bicyclic) bond motifs is 2. The Labute approximate surface area is 207 Å². The van der Waals surface area contributed by atoms with Crippen molar-refractivity contribution in [2.75, 3.05) is 18.4 Å². The average Bonchev–Trinajstić information content (AvgIpc) is 3.61. The molecular weight excluding hydrogens is 458 g/mol. The number of nitrogens with zero attached hydrogens (tertiary/aromatic N) is 6. The van der Waals surface area contributed by atoms with Crippen molar-refractivity contribution in [1.82, 2.24) is 25.1 Å². The fourth-order valence-electron chi connectivity index (χ4n) is 5.35. The largest absolute Gasteiger partial charge is 0.424 e. The van der Waals surface area contributed by atoms with Crippen LogP contribution in [-0.2, 0) is 30.5 Å². The van der Waals surface area contributed by atoms with Crippen molar-refractivity contribution in [2.45, 2.75) is 50.5 Å². The molecule has 0 bridgehead atoms. The Morgan fingerprint density at radius 2 is 2.03 bits per heavy atom. The van der Waals surface area contributed by atoms with Crippen molar-refractivity contribution in [3.05, 3.63) is 64.6 Å². The van der Waals surface area contributed by atoms with Gasteiger partial charge in [0.15, 0.2) is 0 Å². The van der Waals surface area contributed by atoms with Gasteiger partial charge in [0.25, 0.3) is 0 Å². The zero-order chi connectivity index (χ0) is 24.6. The molecule has 0 radical (unpaired) electrons. The third-order valence-electron chi connectivity index (χ3n) is 7.24. The lowest BCUT2D eigenvalue weighted by Crippen LogP contribution is -2.45. The van der Waals surface area contributed by atoms with Gasteiger partial charge in [0.05, 0.1) is 23.9 Å². The molecule has 11 heteroatoms. The standard InChI is InChI=1S/C25H27N9O2/c26-19-13-34(8-7-21(19)31-27)23(35)11-22-32-33-24(36-22)17-5-6-20-18(17)12-28-25(30-20)29-16-9-14-3-1-2-4-15(14)10-16/h1-4,12,16-17,26H,5-11,13,27H2,(H,28,29,30). The SMILES string of the molecule is N=C1CN(C(=O)Cc2nnc(C3CCc4nc(NC5Cc6ccccc6C5)ncc43)o2)CCC1=NN. The summed E-state index contributed by atoms with van der Waals surface area (Å²) in [6.45, 7) is 0.654. The van der Waals surface area contributed by atoms with Crippen LogP contribution in [0.4, 0.5) is 5.95 Å². The molecule has 1 saturated heterocycles. The monoisotopic (exact) mass is 485 g/mol. The summed E-state index contributed by atoms with van der Waals surface area (Å²) in [7, 11) is 0. The molecule has 1 atom stereocenters. The van der Waals surface area contributed by atoms with Crippen molar-refractivity contribution in [3.8, 4) is 0 Å². The van der Waals surface area contributed by atoms with Gasteiger partial charge in [-0.2, -0.15) is 5.10 Å². The first-order valence-corrected chi connectivity index (χ1v) is 12.2. The molecule has 4 N–H and O–H groups in total. The van der Waals surface area contributed by atoms with Gasteiger partial charge in [-0.05, 0) is 36.8 Å². The van der Waals surface area contributed by atoms with Gasteiger partial charge in [0, 0.05) is 36.5 Å². The van der Waals surface area contributed by atoms with Crippen LogP contribution in [0.2, 0.25) is 0 Å². The first kappa shape index (κ1) is 22.3. The van der Waals surface area contributed by atoms with Gasteiger partial charge in [-0.15, -0.1) is 10.2 Å². The summed E-state index contributed by atoms with van der Waals surface area (Å²) >= 11 is 0. The summed E-state index contributed by atoms with van der Waals surface area (Å²) in [5, 5.41) is 23.4. The van der Waals surface area contributed by atoms with E-state index in [1.807, 2.05) is 6.20 Å². The van der Waals surface area contributed by atoms with Crippen molar-refractivity contribution < 1.29 is 9.21 Å². The molecule has 3 aromatic rings. The second-order valence-electron chi connectivity index (χ2n) is 9.54. The first-order chi connectivity index (χ1) is 17.6. The second kappa shape index (κ2) is 9.14. The summed E-state index contributed by atoms with van der Waals surface area (Å²) in [5.41, 5.74) is 5.55. The molecule has 3 heterocycles. The van der Waals surface area contributed by atoms with E-state index in [4.69, 9.17) is 20.7 Å². The average molecular weight is 486 g/mol. The molecule has 36 heavy (non-hydrogen) atoms. The topological polar surface area (TPSA) is 159 Å². The number of rotatable bonds is 5. The minimum absolute atomic E-state index is 0.00189. The summed E-state index contributed by atoms with van der Waals surface area (Å²) < 4.78 is 5.89. The molecule has 2 aliphatic carbocycles. The van der Waals surface area contributed by atoms with Gasteiger partial charge >= 0.3 is 0 Å². The number of nitrogens with two attached hydrogens (primary N) is 1. The van der Waals surface area contributed by atoms with Crippen molar-refractivity contribution in [1.29, 1.82) is 5.41 Å². The van der Waals surface area contributed by atoms with E-state index in [1.54, 1.807) is 4.90 Å². The molecule has 11 nitrogen and oxygen atoms in total. The maximum absolute atomic E-state index is 12.7. The molecule has 6 rings (SSSR count). The quantitative estimate of drug-likeness (QED) is 0.363. The zero-order valence-corrected chi connectivity index (χ0v) is 19.8. The minimum atomic E-state index is -0.161. The van der Waals surface area contributed by atoms with E-state index in [9.17, 15) is 4.79 Å². The lowest BCUT2D eigenvalue weighted by atomic mass is 10.0. The van der Waals surface area contributed by atoms with E-state index in [-0.39, 0.29) is 36.4 Å². The van der Waals surface area contributed by atoms with Crippen LogP contribution in [-0.4, -0.2) is 61.5 Å². The Morgan fingerprint density at radius 3 is 2.78 bits per heavy atom. The van der Waals surface area contributed by atoms with Crippen LogP contribution in [0.3, 0.4) is 0 Å². The molecule has 1 aromatic carbocycles. The molecule has 1 unspecified atom stereocenters. The van der Waals surface area contributed by atoms with Crippen LogP contribution in [0.25, 0.3) is 0 Å². The van der Waals surface area contributed by atoms with Gasteiger partial charge in [-0.3, -0.25) is 4.79 Å². The van der Waals surface area contributed by atoms with E-state index < -0.39 is 0 Å². The molecule has 1 amide bonds. The van der Waals surface area contributed by atoms with Gasteiger partial charge < -0.3 is 25.9 Å². The number of anilines is 1. The van der Waals surface area contributed by atoms with Gasteiger partial charge in [-0.1, -0.05) is 24.3 Å². The smallest absolute Gasteiger partial charge is 0.232 e. The van der Waals surface area contributed by atoms with Crippen molar-refractivity contribution in [2.24, 2.45) is 10.9 Å². The molecular formula is C25H27N9O2. The number of carbonyl (C=O) groups excluding carboxylic acids is 1. The van der Waals surface area contributed by atoms with Crippen LogP contribution in [0.1, 0.15) is 52.9 Å². The minimum Gasteiger partial charge on any atom is -0.424 e.